The first-order valence-electron chi connectivity index (χ1n) is 4.56. The van der Waals surface area contributed by atoms with E-state index in [1.807, 2.05) is 6.07 Å². The summed E-state index contributed by atoms with van der Waals surface area (Å²) in [4.78, 5) is 16.2. The Kier molecular flexibility index (Phi) is 3.32. The predicted octanol–water partition coefficient (Wildman–Crippen LogP) is -3.10. The second kappa shape index (κ2) is 4.74. The van der Waals surface area contributed by atoms with Crippen molar-refractivity contribution in [2.75, 3.05) is 0 Å². The Labute approximate surface area is 117 Å². The largest absolute Gasteiger partial charge is 1.00 e. The van der Waals surface area contributed by atoms with Crippen LogP contribution in [0.5, 0.6) is 0 Å². The fourth-order valence-electron chi connectivity index (χ4n) is 1.47. The molecular weight excluding hydrogens is 231 g/mol. The van der Waals surface area contributed by atoms with Gasteiger partial charge < -0.3 is 0 Å². The molecule has 8 heteroatoms. The molecule has 7 nitrogen and oxygen atoms in total. The van der Waals surface area contributed by atoms with Gasteiger partial charge in [0.1, 0.15) is 6.33 Å². The van der Waals surface area contributed by atoms with Crippen molar-refractivity contribution in [2.45, 2.75) is 0 Å². The average Bonchev–Trinajstić information content (AvgIpc) is 2.83. The molecule has 0 unspecified atom stereocenters. The van der Waals surface area contributed by atoms with Crippen LogP contribution < -0.4 is 35.1 Å². The molecule has 2 aromatic heterocycles. The number of fused-ring (bicyclic) bond motifs is 1. The monoisotopic (exact) mass is 237 g/mol. The summed E-state index contributed by atoms with van der Waals surface area (Å²) in [7, 11) is 0. The van der Waals surface area contributed by atoms with Gasteiger partial charge in [0, 0.05) is 0 Å². The Morgan fingerprint density at radius 3 is 2.82 bits per heavy atom. The number of nitrogens with one attached hydrogen (secondary N) is 1. The number of rotatable bonds is 1. The molecule has 2 heterocycles. The molecule has 0 radical (unpaired) electrons. The van der Waals surface area contributed by atoms with E-state index in [0.29, 0.717) is 10.9 Å². The maximum absolute atomic E-state index is 12.0. The Bertz CT molecular complexity index is 692. The van der Waals surface area contributed by atoms with Crippen LogP contribution in [0.2, 0.25) is 0 Å². The summed E-state index contributed by atoms with van der Waals surface area (Å²) >= 11 is 0. The van der Waals surface area contributed by atoms with E-state index in [1.165, 1.54) is 10.9 Å². The molecule has 0 aliphatic carbocycles. The molecular formula is C9H6N6NaO+. The zero-order valence-corrected chi connectivity index (χ0v) is 11.0. The van der Waals surface area contributed by atoms with Crippen molar-refractivity contribution in [3.63, 3.8) is 0 Å². The Morgan fingerprint density at radius 1 is 1.24 bits per heavy atom. The minimum Gasteiger partial charge on any atom is -0.268 e. The van der Waals surface area contributed by atoms with Gasteiger partial charge in [-0.2, -0.15) is 5.21 Å². The fourth-order valence-corrected chi connectivity index (χ4v) is 1.47. The van der Waals surface area contributed by atoms with Gasteiger partial charge in [0.15, 0.2) is 0 Å². The van der Waals surface area contributed by atoms with E-state index in [2.05, 4.69) is 25.6 Å². The Hall–Kier alpha value is -1.57. The molecule has 0 aliphatic heterocycles. The van der Waals surface area contributed by atoms with Gasteiger partial charge in [-0.15, -0.1) is 5.10 Å². The van der Waals surface area contributed by atoms with Crippen molar-refractivity contribution in [2.24, 2.45) is 0 Å². The molecule has 0 spiro atoms. The third kappa shape index (κ3) is 1.99. The molecule has 78 valence electrons. The number of hydrogen-bond acceptors (Lipinski definition) is 5. The third-order valence-electron chi connectivity index (χ3n) is 2.22. The van der Waals surface area contributed by atoms with E-state index in [-0.39, 0.29) is 41.1 Å². The van der Waals surface area contributed by atoms with Gasteiger partial charge in [-0.3, -0.25) is 4.79 Å². The van der Waals surface area contributed by atoms with Crippen molar-refractivity contribution in [1.82, 2.24) is 30.2 Å². The van der Waals surface area contributed by atoms with Crippen LogP contribution >= 0.6 is 0 Å². The van der Waals surface area contributed by atoms with Crippen LogP contribution in [0.1, 0.15) is 0 Å². The molecule has 0 fully saturated rings. The number of aromatic amines is 1. The number of tetrazole rings is 1. The van der Waals surface area contributed by atoms with Crippen LogP contribution in [0.15, 0.2) is 35.4 Å². The first-order valence-corrected chi connectivity index (χ1v) is 4.56. The van der Waals surface area contributed by atoms with Crippen molar-refractivity contribution in [3.8, 4) is 5.95 Å². The van der Waals surface area contributed by atoms with Gasteiger partial charge >= 0.3 is 29.6 Å². The molecule has 0 saturated carbocycles. The standard InChI is InChI=1S/C9H6N6O.Na/c16-8-6-3-1-2-4-7(6)10-5-15(8)9-11-13-14-12-9;/h1-5H,(H,11,12,13,14);/q;+1. The van der Waals surface area contributed by atoms with Crippen molar-refractivity contribution >= 4 is 10.9 Å². The second-order valence-corrected chi connectivity index (χ2v) is 3.15. The van der Waals surface area contributed by atoms with Crippen LogP contribution in [0.25, 0.3) is 16.9 Å². The second-order valence-electron chi connectivity index (χ2n) is 3.15. The number of H-pyrrole nitrogens is 1. The van der Waals surface area contributed by atoms with E-state index in [1.54, 1.807) is 18.2 Å². The molecule has 0 bridgehead atoms. The number of para-hydroxylation sites is 1. The summed E-state index contributed by atoms with van der Waals surface area (Å²) in [6.07, 6.45) is 1.38. The molecule has 3 rings (SSSR count). The summed E-state index contributed by atoms with van der Waals surface area (Å²) in [5, 5.41) is 13.7. The summed E-state index contributed by atoms with van der Waals surface area (Å²) in [6, 6.07) is 7.10. The molecule has 0 amide bonds. The van der Waals surface area contributed by atoms with Gasteiger partial charge in [0.05, 0.1) is 10.9 Å². The normalized spacial score (nSPS) is 10.1. The summed E-state index contributed by atoms with van der Waals surface area (Å²) in [6.45, 7) is 0. The minimum absolute atomic E-state index is 0. The molecule has 3 aromatic rings. The van der Waals surface area contributed by atoms with Crippen LogP contribution in [-0.4, -0.2) is 30.2 Å². The number of hydrogen-bond donors (Lipinski definition) is 1. The van der Waals surface area contributed by atoms with E-state index in [4.69, 9.17) is 0 Å². The predicted molar refractivity (Wildman–Crippen MR) is 55.1 cm³/mol. The quantitative estimate of drug-likeness (QED) is 0.453. The summed E-state index contributed by atoms with van der Waals surface area (Å²) in [5.41, 5.74) is 0.430. The van der Waals surface area contributed by atoms with Gasteiger partial charge in [-0.25, -0.2) is 9.55 Å². The van der Waals surface area contributed by atoms with Crippen LogP contribution in [-0.2, 0) is 0 Å². The topological polar surface area (TPSA) is 89.4 Å². The molecule has 17 heavy (non-hydrogen) atoms. The third-order valence-corrected chi connectivity index (χ3v) is 2.22. The maximum atomic E-state index is 12.0. The average molecular weight is 237 g/mol. The molecule has 0 atom stereocenters. The molecule has 1 N–H and O–H groups in total. The van der Waals surface area contributed by atoms with Crippen molar-refractivity contribution in [3.05, 3.63) is 40.9 Å². The Balaban J connectivity index is 0.00000108. The number of benzene rings is 1. The molecule has 0 saturated heterocycles. The molecule has 1 aromatic carbocycles. The summed E-state index contributed by atoms with van der Waals surface area (Å²) < 4.78 is 1.24. The van der Waals surface area contributed by atoms with Crippen molar-refractivity contribution < 1.29 is 29.6 Å². The Morgan fingerprint density at radius 2 is 2.06 bits per heavy atom. The van der Waals surface area contributed by atoms with Gasteiger partial charge in [0.2, 0.25) is 0 Å². The zero-order chi connectivity index (χ0) is 11.0. The fraction of sp³-hybridized carbons (Fsp3) is 0. The van der Waals surface area contributed by atoms with Crippen LogP contribution in [0.3, 0.4) is 0 Å². The van der Waals surface area contributed by atoms with Crippen LogP contribution in [0, 0.1) is 0 Å². The van der Waals surface area contributed by atoms with E-state index >= 15 is 0 Å². The first-order chi connectivity index (χ1) is 7.86. The SMILES string of the molecule is O=c1c2ccccc2ncn1-c1nn[nH]n1.[Na+]. The van der Waals surface area contributed by atoms with E-state index < -0.39 is 0 Å². The number of aromatic nitrogens is 6. The zero-order valence-electron chi connectivity index (χ0n) is 9.03. The van der Waals surface area contributed by atoms with Gasteiger partial charge in [-0.05, 0) is 17.3 Å². The minimum atomic E-state index is -0.216. The summed E-state index contributed by atoms with van der Waals surface area (Å²) in [5.74, 6) is 0.184. The van der Waals surface area contributed by atoms with Gasteiger partial charge in [0.25, 0.3) is 11.5 Å². The number of nitrogens with zero attached hydrogens (tertiary/aromatic N) is 5. The first kappa shape index (κ1) is 11.9. The van der Waals surface area contributed by atoms with Gasteiger partial charge in [-0.1, -0.05) is 17.2 Å². The van der Waals surface area contributed by atoms with E-state index in [9.17, 15) is 4.79 Å². The van der Waals surface area contributed by atoms with Crippen molar-refractivity contribution in [1.29, 1.82) is 0 Å². The van der Waals surface area contributed by atoms with Crippen LogP contribution in [0.4, 0.5) is 0 Å². The maximum Gasteiger partial charge on any atom is 1.00 e. The van der Waals surface area contributed by atoms with E-state index in [0.717, 1.165) is 0 Å². The smallest absolute Gasteiger partial charge is 0.268 e. The molecule has 0 aliphatic rings.